The van der Waals surface area contributed by atoms with Crippen LogP contribution in [0.15, 0.2) is 45.7 Å². The third-order valence-electron chi connectivity index (χ3n) is 4.02. The number of nitrogens with zero attached hydrogens (tertiary/aromatic N) is 1. The molecule has 1 aromatic carbocycles. The fourth-order valence-electron chi connectivity index (χ4n) is 2.42. The molecule has 2 heterocycles. The van der Waals surface area contributed by atoms with Gasteiger partial charge in [0.05, 0.1) is 17.1 Å². The van der Waals surface area contributed by atoms with E-state index in [1.54, 1.807) is 42.5 Å². The number of benzene rings is 1. The van der Waals surface area contributed by atoms with Gasteiger partial charge in [-0.1, -0.05) is 25.5 Å². The molecule has 27 heavy (non-hydrogen) atoms. The van der Waals surface area contributed by atoms with Gasteiger partial charge in [0, 0.05) is 18.7 Å². The molecule has 7 heteroatoms. The highest BCUT2D eigenvalue weighted by Gasteiger charge is 2.32. The lowest BCUT2D eigenvalue weighted by Crippen LogP contribution is -2.22. The number of rotatable bonds is 6. The Balaban J connectivity index is 1.71. The van der Waals surface area contributed by atoms with Gasteiger partial charge in [-0.25, -0.2) is 4.79 Å². The number of ether oxygens (including phenoxy) is 1. The van der Waals surface area contributed by atoms with Gasteiger partial charge in [-0.05, 0) is 42.4 Å². The maximum atomic E-state index is 11.9. The van der Waals surface area contributed by atoms with Crippen LogP contribution in [0.2, 0.25) is 0 Å². The van der Waals surface area contributed by atoms with E-state index in [9.17, 15) is 14.4 Å². The van der Waals surface area contributed by atoms with Crippen molar-refractivity contribution in [2.24, 2.45) is 0 Å². The van der Waals surface area contributed by atoms with Gasteiger partial charge in [0.15, 0.2) is 0 Å². The van der Waals surface area contributed by atoms with Gasteiger partial charge in [0.2, 0.25) is 0 Å². The molecule has 6 nitrogen and oxygen atoms in total. The first-order chi connectivity index (χ1) is 13.0. The molecule has 0 aliphatic carbocycles. The summed E-state index contributed by atoms with van der Waals surface area (Å²) in [6.45, 7) is 2.45. The monoisotopic (exact) mass is 385 g/mol. The molecular weight excluding hydrogens is 366 g/mol. The first kappa shape index (κ1) is 19.0. The number of carbonyl (C=O) groups is 3. The summed E-state index contributed by atoms with van der Waals surface area (Å²) in [7, 11) is 1.45. The minimum Gasteiger partial charge on any atom is -0.462 e. The van der Waals surface area contributed by atoms with E-state index in [0.717, 1.165) is 35.1 Å². The highest BCUT2D eigenvalue weighted by atomic mass is 32.2. The predicted molar refractivity (Wildman–Crippen MR) is 103 cm³/mol. The van der Waals surface area contributed by atoms with Crippen molar-refractivity contribution in [1.29, 1.82) is 0 Å². The number of unbranched alkanes of at least 4 members (excludes halogenated alkanes) is 1. The summed E-state index contributed by atoms with van der Waals surface area (Å²) >= 11 is 0.882. The van der Waals surface area contributed by atoms with Crippen molar-refractivity contribution >= 4 is 35.0 Å². The Hall–Kier alpha value is -2.80. The Bertz CT molecular complexity index is 897. The molecule has 1 saturated heterocycles. The first-order valence-electron chi connectivity index (χ1n) is 8.58. The zero-order chi connectivity index (χ0) is 19.4. The van der Waals surface area contributed by atoms with Gasteiger partial charge in [-0.15, -0.1) is 0 Å². The molecule has 0 unspecified atom stereocenters. The van der Waals surface area contributed by atoms with Crippen molar-refractivity contribution in [3.63, 3.8) is 0 Å². The normalized spacial score (nSPS) is 15.6. The van der Waals surface area contributed by atoms with Crippen LogP contribution in [-0.4, -0.2) is 35.7 Å². The largest absolute Gasteiger partial charge is 0.462 e. The lowest BCUT2D eigenvalue weighted by atomic mass is 10.1. The minimum atomic E-state index is -0.342. The Kier molecular flexibility index (Phi) is 5.81. The zero-order valence-corrected chi connectivity index (χ0v) is 15.9. The average Bonchev–Trinajstić information content (AvgIpc) is 3.23. The Morgan fingerprint density at radius 1 is 1.19 bits per heavy atom. The summed E-state index contributed by atoms with van der Waals surface area (Å²) in [5, 5.41) is -0.306. The van der Waals surface area contributed by atoms with Crippen LogP contribution in [0.4, 0.5) is 4.79 Å². The van der Waals surface area contributed by atoms with E-state index in [4.69, 9.17) is 9.15 Å². The van der Waals surface area contributed by atoms with Gasteiger partial charge < -0.3 is 9.15 Å². The molecule has 0 saturated carbocycles. The molecule has 3 rings (SSSR count). The fourth-order valence-corrected chi connectivity index (χ4v) is 3.23. The SMILES string of the molecule is CCCCOC(=O)c1ccc(-c2ccc(/C=C3/SC(=O)N(C)C3=O)o2)cc1. The quantitative estimate of drug-likeness (QED) is 0.412. The first-order valence-corrected chi connectivity index (χ1v) is 9.40. The van der Waals surface area contributed by atoms with Gasteiger partial charge in [0.1, 0.15) is 11.5 Å². The molecule has 0 atom stereocenters. The zero-order valence-electron chi connectivity index (χ0n) is 15.1. The molecule has 1 fully saturated rings. The molecule has 1 aliphatic rings. The number of carbonyl (C=O) groups excluding carboxylic acids is 3. The van der Waals surface area contributed by atoms with Crippen LogP contribution < -0.4 is 0 Å². The molecule has 2 aromatic rings. The predicted octanol–water partition coefficient (Wildman–Crippen LogP) is 4.57. The standard InChI is InChI=1S/C20H19NO5S/c1-3-4-11-25-19(23)14-7-5-13(6-8-14)16-10-9-15(26-16)12-17-18(22)21(2)20(24)27-17/h5-10,12H,3-4,11H2,1-2H3/b17-12+. The summed E-state index contributed by atoms with van der Waals surface area (Å²) in [6.07, 6.45) is 3.37. The Morgan fingerprint density at radius 3 is 2.56 bits per heavy atom. The summed E-state index contributed by atoms with van der Waals surface area (Å²) in [5.41, 5.74) is 1.28. The van der Waals surface area contributed by atoms with Gasteiger partial charge >= 0.3 is 5.97 Å². The molecular formula is C20H19NO5S. The van der Waals surface area contributed by atoms with Crippen LogP contribution in [-0.2, 0) is 9.53 Å². The average molecular weight is 385 g/mol. The summed E-state index contributed by atoms with van der Waals surface area (Å²) in [5.74, 6) is 0.397. The maximum absolute atomic E-state index is 11.9. The second kappa shape index (κ2) is 8.26. The number of esters is 1. The number of furan rings is 1. The number of hydrogen-bond donors (Lipinski definition) is 0. The topological polar surface area (TPSA) is 76.8 Å². The smallest absolute Gasteiger partial charge is 0.338 e. The van der Waals surface area contributed by atoms with Crippen molar-refractivity contribution < 1.29 is 23.5 Å². The van der Waals surface area contributed by atoms with Gasteiger partial charge in [0.25, 0.3) is 11.1 Å². The van der Waals surface area contributed by atoms with E-state index in [-0.39, 0.29) is 17.1 Å². The van der Waals surface area contributed by atoms with Crippen molar-refractivity contribution in [3.05, 3.63) is 52.6 Å². The van der Waals surface area contributed by atoms with Crippen molar-refractivity contribution in [2.45, 2.75) is 19.8 Å². The van der Waals surface area contributed by atoms with Crippen LogP contribution in [0.1, 0.15) is 35.9 Å². The summed E-state index contributed by atoms with van der Waals surface area (Å²) in [4.78, 5) is 36.8. The van der Waals surface area contributed by atoms with Crippen LogP contribution in [0.3, 0.4) is 0 Å². The van der Waals surface area contributed by atoms with E-state index in [1.807, 2.05) is 6.92 Å². The third-order valence-corrected chi connectivity index (χ3v) is 4.98. The van der Waals surface area contributed by atoms with Crippen molar-refractivity contribution in [3.8, 4) is 11.3 Å². The van der Waals surface area contributed by atoms with E-state index >= 15 is 0 Å². The molecule has 1 aromatic heterocycles. The summed E-state index contributed by atoms with van der Waals surface area (Å²) < 4.78 is 10.9. The van der Waals surface area contributed by atoms with Gasteiger partial charge in [-0.3, -0.25) is 14.5 Å². The number of likely N-dealkylation sites (N-methyl/N-ethyl adjacent to an activating group) is 1. The number of thioether (sulfide) groups is 1. The van der Waals surface area contributed by atoms with Crippen molar-refractivity contribution in [2.75, 3.05) is 13.7 Å². The van der Waals surface area contributed by atoms with E-state index < -0.39 is 0 Å². The number of amides is 2. The lowest BCUT2D eigenvalue weighted by Gasteiger charge is -2.04. The highest BCUT2D eigenvalue weighted by molar-refractivity contribution is 8.18. The van der Waals surface area contributed by atoms with E-state index in [0.29, 0.717) is 28.6 Å². The molecule has 0 spiro atoms. The van der Waals surface area contributed by atoms with E-state index in [2.05, 4.69) is 0 Å². The molecule has 1 aliphatic heterocycles. The highest BCUT2D eigenvalue weighted by Crippen LogP contribution is 2.32. The molecule has 0 bridgehead atoms. The number of hydrogen-bond acceptors (Lipinski definition) is 6. The molecule has 0 N–H and O–H groups in total. The maximum Gasteiger partial charge on any atom is 0.338 e. The Labute approximate surface area is 161 Å². The lowest BCUT2D eigenvalue weighted by molar-refractivity contribution is -0.121. The fraction of sp³-hybridized carbons (Fsp3) is 0.250. The second-order valence-electron chi connectivity index (χ2n) is 6.01. The van der Waals surface area contributed by atoms with E-state index in [1.165, 1.54) is 7.05 Å². The second-order valence-corrected chi connectivity index (χ2v) is 7.00. The van der Waals surface area contributed by atoms with Crippen LogP contribution >= 0.6 is 11.8 Å². The third kappa shape index (κ3) is 4.31. The number of imide groups is 1. The Morgan fingerprint density at radius 2 is 1.93 bits per heavy atom. The summed E-state index contributed by atoms with van der Waals surface area (Å²) in [6, 6.07) is 10.4. The van der Waals surface area contributed by atoms with Crippen LogP contribution in [0.5, 0.6) is 0 Å². The molecule has 140 valence electrons. The van der Waals surface area contributed by atoms with Crippen LogP contribution in [0.25, 0.3) is 17.4 Å². The molecule has 0 radical (unpaired) electrons. The van der Waals surface area contributed by atoms with Crippen LogP contribution in [0, 0.1) is 0 Å². The molecule has 2 amide bonds. The van der Waals surface area contributed by atoms with Crippen molar-refractivity contribution in [1.82, 2.24) is 4.90 Å². The minimum absolute atomic E-state index is 0.306. The van der Waals surface area contributed by atoms with Gasteiger partial charge in [-0.2, -0.15) is 0 Å².